The monoisotopic (exact) mass is 302 g/mol. The number of primary amides is 1. The minimum Gasteiger partial charge on any atom is -0.446 e. The third-order valence-electron chi connectivity index (χ3n) is 5.50. The second-order valence-electron chi connectivity index (χ2n) is 8.22. The molecule has 4 heteroatoms. The van der Waals surface area contributed by atoms with Gasteiger partial charge in [-0.1, -0.05) is 20.8 Å². The van der Waals surface area contributed by atoms with Gasteiger partial charge in [-0.15, -0.1) is 0 Å². The molecule has 1 aromatic rings. The zero-order valence-corrected chi connectivity index (χ0v) is 13.7. The Bertz CT molecular complexity index is 544. The van der Waals surface area contributed by atoms with Crippen molar-refractivity contribution in [2.75, 3.05) is 0 Å². The Morgan fingerprint density at radius 2 is 1.95 bits per heavy atom. The fourth-order valence-electron chi connectivity index (χ4n) is 5.12. The van der Waals surface area contributed by atoms with Gasteiger partial charge in [-0.25, -0.2) is 4.79 Å². The van der Waals surface area contributed by atoms with Crippen LogP contribution in [0.5, 0.6) is 0 Å². The van der Waals surface area contributed by atoms with Crippen LogP contribution < -0.4 is 5.73 Å². The molecule has 0 bridgehead atoms. The molecule has 2 unspecified atom stereocenters. The van der Waals surface area contributed by atoms with Gasteiger partial charge < -0.3 is 10.5 Å². The van der Waals surface area contributed by atoms with Crippen LogP contribution in [0.2, 0.25) is 0 Å². The van der Waals surface area contributed by atoms with E-state index in [1.54, 1.807) is 0 Å². The van der Waals surface area contributed by atoms with E-state index >= 15 is 0 Å². The van der Waals surface area contributed by atoms with Gasteiger partial charge in [0.25, 0.3) is 0 Å². The average molecular weight is 302 g/mol. The Labute approximate surface area is 132 Å². The number of pyridine rings is 1. The van der Waals surface area contributed by atoms with Crippen LogP contribution in [-0.2, 0) is 11.2 Å². The number of nitrogens with two attached hydrogens (primary N) is 1. The number of amides is 1. The van der Waals surface area contributed by atoms with Gasteiger partial charge in [0.15, 0.2) is 0 Å². The van der Waals surface area contributed by atoms with E-state index < -0.39 is 6.09 Å². The van der Waals surface area contributed by atoms with Crippen molar-refractivity contribution in [1.82, 2.24) is 4.98 Å². The summed E-state index contributed by atoms with van der Waals surface area (Å²) in [5.41, 5.74) is 7.08. The molecule has 1 aromatic heterocycles. The van der Waals surface area contributed by atoms with Crippen LogP contribution in [0.1, 0.15) is 45.6 Å². The molecule has 0 saturated heterocycles. The molecule has 0 radical (unpaired) electrons. The maximum Gasteiger partial charge on any atom is 0.404 e. The molecule has 2 fully saturated rings. The van der Waals surface area contributed by atoms with Crippen LogP contribution in [0.3, 0.4) is 0 Å². The first kappa shape index (κ1) is 15.3. The van der Waals surface area contributed by atoms with Gasteiger partial charge >= 0.3 is 6.09 Å². The highest BCUT2D eigenvalue weighted by atomic mass is 16.6. The molecule has 1 amide bonds. The standard InChI is InChI=1S/C18H26N2O2/c1-17(2,3)15-14(22-16(19)21)11-18(15)9-13(10-18)8-12-4-6-20-7-5-12/h4-7,13-15H,8-11H2,1-3H3,(H2,19,21). The van der Waals surface area contributed by atoms with Crippen LogP contribution in [0, 0.1) is 22.7 Å². The molecule has 1 heterocycles. The summed E-state index contributed by atoms with van der Waals surface area (Å²) in [4.78, 5) is 15.2. The summed E-state index contributed by atoms with van der Waals surface area (Å²) >= 11 is 0. The number of aromatic nitrogens is 1. The molecule has 4 nitrogen and oxygen atoms in total. The highest BCUT2D eigenvalue weighted by Crippen LogP contribution is 2.67. The molecule has 1 spiro atoms. The first-order valence-corrected chi connectivity index (χ1v) is 8.15. The number of hydrogen-bond acceptors (Lipinski definition) is 3. The summed E-state index contributed by atoms with van der Waals surface area (Å²) < 4.78 is 5.34. The summed E-state index contributed by atoms with van der Waals surface area (Å²) in [7, 11) is 0. The predicted octanol–water partition coefficient (Wildman–Crippen LogP) is 3.55. The van der Waals surface area contributed by atoms with Crippen molar-refractivity contribution >= 4 is 6.09 Å². The topological polar surface area (TPSA) is 65.2 Å². The Morgan fingerprint density at radius 1 is 1.32 bits per heavy atom. The van der Waals surface area contributed by atoms with Crippen molar-refractivity contribution in [1.29, 1.82) is 0 Å². The van der Waals surface area contributed by atoms with E-state index in [9.17, 15) is 4.79 Å². The smallest absolute Gasteiger partial charge is 0.404 e. The molecular formula is C18H26N2O2. The largest absolute Gasteiger partial charge is 0.446 e. The van der Waals surface area contributed by atoms with Gasteiger partial charge in [-0.05, 0) is 60.1 Å². The highest BCUT2D eigenvalue weighted by Gasteiger charge is 2.64. The van der Waals surface area contributed by atoms with Crippen molar-refractivity contribution in [3.05, 3.63) is 30.1 Å². The molecule has 22 heavy (non-hydrogen) atoms. The zero-order chi connectivity index (χ0) is 16.0. The summed E-state index contributed by atoms with van der Waals surface area (Å²) in [6, 6.07) is 4.21. The zero-order valence-electron chi connectivity index (χ0n) is 13.7. The Hall–Kier alpha value is -1.58. The van der Waals surface area contributed by atoms with Crippen molar-refractivity contribution in [3.8, 4) is 0 Å². The number of carbonyl (C=O) groups is 1. The summed E-state index contributed by atoms with van der Waals surface area (Å²) in [5.74, 6) is 1.16. The van der Waals surface area contributed by atoms with E-state index in [-0.39, 0.29) is 11.5 Å². The van der Waals surface area contributed by atoms with Crippen LogP contribution in [-0.4, -0.2) is 17.2 Å². The molecule has 120 valence electrons. The van der Waals surface area contributed by atoms with E-state index in [2.05, 4.69) is 37.9 Å². The maximum atomic E-state index is 11.1. The fourth-order valence-corrected chi connectivity index (χ4v) is 5.12. The molecule has 2 saturated carbocycles. The van der Waals surface area contributed by atoms with E-state index in [0.717, 1.165) is 18.8 Å². The number of carbonyl (C=O) groups excluding carboxylic acids is 1. The van der Waals surface area contributed by atoms with Crippen molar-refractivity contribution in [3.63, 3.8) is 0 Å². The van der Waals surface area contributed by atoms with Gasteiger partial charge in [0.1, 0.15) is 6.10 Å². The second-order valence-corrected chi connectivity index (χ2v) is 8.22. The quantitative estimate of drug-likeness (QED) is 0.928. The number of nitrogens with zero attached hydrogens (tertiary/aromatic N) is 1. The second kappa shape index (κ2) is 5.25. The molecule has 0 aliphatic heterocycles. The number of ether oxygens (including phenoxy) is 1. The lowest BCUT2D eigenvalue weighted by atomic mass is 9.40. The van der Waals surface area contributed by atoms with Crippen LogP contribution >= 0.6 is 0 Å². The molecule has 2 aliphatic carbocycles. The van der Waals surface area contributed by atoms with Gasteiger partial charge in [0.2, 0.25) is 0 Å². The summed E-state index contributed by atoms with van der Waals surface area (Å²) in [6.45, 7) is 6.73. The number of hydrogen-bond donors (Lipinski definition) is 1. The Balaban J connectivity index is 1.62. The van der Waals surface area contributed by atoms with Crippen molar-refractivity contribution in [2.45, 2.75) is 52.6 Å². The van der Waals surface area contributed by atoms with Crippen LogP contribution in [0.15, 0.2) is 24.5 Å². The molecule has 2 atom stereocenters. The van der Waals surface area contributed by atoms with E-state index in [1.165, 1.54) is 18.4 Å². The molecule has 2 N–H and O–H groups in total. The van der Waals surface area contributed by atoms with E-state index in [1.807, 2.05) is 12.4 Å². The normalized spacial score (nSPS) is 33.9. The SMILES string of the molecule is CC(C)(C)C1C(OC(N)=O)CC12CC(Cc1ccncc1)C2. The van der Waals surface area contributed by atoms with Gasteiger partial charge in [0, 0.05) is 18.3 Å². The first-order valence-electron chi connectivity index (χ1n) is 8.15. The minimum absolute atomic E-state index is 0.000578. The lowest BCUT2D eigenvalue weighted by Gasteiger charge is -2.66. The summed E-state index contributed by atoms with van der Waals surface area (Å²) in [5, 5.41) is 0. The van der Waals surface area contributed by atoms with Gasteiger partial charge in [0.05, 0.1) is 0 Å². The average Bonchev–Trinajstić information content (AvgIpc) is 2.33. The fraction of sp³-hybridized carbons (Fsp3) is 0.667. The molecule has 3 rings (SSSR count). The van der Waals surface area contributed by atoms with Crippen LogP contribution in [0.25, 0.3) is 0 Å². The van der Waals surface area contributed by atoms with Crippen molar-refractivity contribution in [2.24, 2.45) is 28.4 Å². The lowest BCUT2D eigenvalue weighted by molar-refractivity contribution is -0.210. The Kier molecular flexibility index (Phi) is 3.66. The lowest BCUT2D eigenvalue weighted by Crippen LogP contribution is -2.64. The third kappa shape index (κ3) is 2.71. The Morgan fingerprint density at radius 3 is 2.50 bits per heavy atom. The number of rotatable bonds is 3. The van der Waals surface area contributed by atoms with Gasteiger partial charge in [-0.3, -0.25) is 4.98 Å². The summed E-state index contributed by atoms with van der Waals surface area (Å²) in [6.07, 6.45) is 7.66. The molecule has 2 aliphatic rings. The van der Waals surface area contributed by atoms with E-state index in [4.69, 9.17) is 10.5 Å². The van der Waals surface area contributed by atoms with Crippen molar-refractivity contribution < 1.29 is 9.53 Å². The molecular weight excluding hydrogens is 276 g/mol. The minimum atomic E-state index is -0.637. The highest BCUT2D eigenvalue weighted by molar-refractivity contribution is 5.65. The van der Waals surface area contributed by atoms with E-state index in [0.29, 0.717) is 11.3 Å². The first-order chi connectivity index (χ1) is 10.3. The predicted molar refractivity (Wildman–Crippen MR) is 85.1 cm³/mol. The van der Waals surface area contributed by atoms with Gasteiger partial charge in [-0.2, -0.15) is 0 Å². The third-order valence-corrected chi connectivity index (χ3v) is 5.50. The maximum absolute atomic E-state index is 11.1. The van der Waals surface area contributed by atoms with Crippen LogP contribution in [0.4, 0.5) is 4.79 Å². The molecule has 0 aromatic carbocycles.